The number of halogens is 1. The van der Waals surface area contributed by atoms with E-state index in [9.17, 15) is 9.90 Å². The highest BCUT2D eigenvalue weighted by atomic mass is 35.5. The molecule has 0 aliphatic carbocycles. The third-order valence-electron chi connectivity index (χ3n) is 3.01. The second-order valence-electron chi connectivity index (χ2n) is 4.36. The van der Waals surface area contributed by atoms with Gasteiger partial charge in [-0.1, -0.05) is 23.7 Å². The van der Waals surface area contributed by atoms with Crippen LogP contribution in [0.1, 0.15) is 12.0 Å². The molecule has 2 rings (SSSR count). The van der Waals surface area contributed by atoms with Crippen molar-refractivity contribution in [3.63, 3.8) is 0 Å². The van der Waals surface area contributed by atoms with Crippen LogP contribution >= 0.6 is 11.6 Å². The number of aliphatic hydroxyl groups excluding tert-OH is 1. The number of hydrogen-bond acceptors (Lipinski definition) is 3. The summed E-state index contributed by atoms with van der Waals surface area (Å²) in [4.78, 5) is 13.1. The number of amides is 1. The number of primary amides is 1. The largest absolute Gasteiger partial charge is 0.392 e. The van der Waals surface area contributed by atoms with Gasteiger partial charge in [-0.25, -0.2) is 0 Å². The van der Waals surface area contributed by atoms with E-state index in [1.807, 2.05) is 29.2 Å². The quantitative estimate of drug-likeness (QED) is 0.837. The molecule has 0 unspecified atom stereocenters. The third-order valence-corrected chi connectivity index (χ3v) is 3.26. The predicted molar refractivity (Wildman–Crippen MR) is 65.5 cm³/mol. The molecule has 1 amide bonds. The van der Waals surface area contributed by atoms with Crippen LogP contribution in [0.15, 0.2) is 24.3 Å². The number of β-amino-alcohol motifs (C(OH)–C–C–N with tert-alkyl or cyclic N) is 1. The minimum absolute atomic E-state index is 0.374. The highest BCUT2D eigenvalue weighted by Crippen LogP contribution is 2.21. The Hall–Kier alpha value is -1.10. The molecule has 3 N–H and O–H groups in total. The smallest absolute Gasteiger partial charge is 0.234 e. The molecule has 0 bridgehead atoms. The zero-order chi connectivity index (χ0) is 12.4. The second-order valence-corrected chi connectivity index (χ2v) is 4.80. The van der Waals surface area contributed by atoms with Crippen LogP contribution in [0, 0.1) is 0 Å². The summed E-state index contributed by atoms with van der Waals surface area (Å²) in [5.74, 6) is -0.379. The van der Waals surface area contributed by atoms with Gasteiger partial charge in [0.2, 0.25) is 5.91 Å². The molecule has 1 aliphatic rings. The molecule has 1 fully saturated rings. The van der Waals surface area contributed by atoms with Gasteiger partial charge < -0.3 is 10.8 Å². The van der Waals surface area contributed by atoms with Gasteiger partial charge >= 0.3 is 0 Å². The molecule has 1 heterocycles. The van der Waals surface area contributed by atoms with Crippen LogP contribution < -0.4 is 5.73 Å². The van der Waals surface area contributed by atoms with E-state index in [2.05, 4.69) is 0 Å². The summed E-state index contributed by atoms with van der Waals surface area (Å²) >= 11 is 5.80. The van der Waals surface area contributed by atoms with Crippen LogP contribution in [-0.4, -0.2) is 34.6 Å². The van der Waals surface area contributed by atoms with Crippen LogP contribution in [0.5, 0.6) is 0 Å². The van der Waals surface area contributed by atoms with E-state index in [1.54, 1.807) is 0 Å². The Bertz CT molecular complexity index is 407. The summed E-state index contributed by atoms with van der Waals surface area (Å²) in [5, 5.41) is 10.3. The van der Waals surface area contributed by atoms with Crippen LogP contribution in [0.4, 0.5) is 0 Å². The van der Waals surface area contributed by atoms with Crippen LogP contribution in [-0.2, 0) is 11.3 Å². The molecule has 92 valence electrons. The van der Waals surface area contributed by atoms with Gasteiger partial charge in [-0.3, -0.25) is 9.69 Å². The average Bonchev–Trinajstić information content (AvgIpc) is 2.63. The van der Waals surface area contributed by atoms with Crippen LogP contribution in [0.2, 0.25) is 5.02 Å². The zero-order valence-electron chi connectivity index (χ0n) is 9.34. The minimum atomic E-state index is -0.472. The number of benzene rings is 1. The van der Waals surface area contributed by atoms with Crippen molar-refractivity contribution < 1.29 is 9.90 Å². The molecule has 0 radical (unpaired) electrons. The fraction of sp³-hybridized carbons (Fsp3) is 0.417. The maximum Gasteiger partial charge on any atom is 0.234 e. The van der Waals surface area contributed by atoms with Crippen LogP contribution in [0.3, 0.4) is 0 Å². The highest BCUT2D eigenvalue weighted by Gasteiger charge is 2.34. The summed E-state index contributed by atoms with van der Waals surface area (Å²) in [7, 11) is 0. The summed E-state index contributed by atoms with van der Waals surface area (Å²) in [6.45, 7) is 1.08. The molecule has 1 aliphatic heterocycles. The van der Waals surface area contributed by atoms with Crippen molar-refractivity contribution in [2.45, 2.75) is 25.1 Å². The van der Waals surface area contributed by atoms with Crippen molar-refractivity contribution in [2.75, 3.05) is 6.54 Å². The number of carbonyl (C=O) groups excluding carboxylic acids is 1. The van der Waals surface area contributed by atoms with Gasteiger partial charge in [0.1, 0.15) is 0 Å². The van der Waals surface area contributed by atoms with Gasteiger partial charge in [-0.2, -0.15) is 0 Å². The lowest BCUT2D eigenvalue weighted by Gasteiger charge is -2.21. The molecule has 0 aromatic heterocycles. The lowest BCUT2D eigenvalue weighted by atomic mass is 10.1. The molecule has 5 heteroatoms. The van der Waals surface area contributed by atoms with Crippen molar-refractivity contribution in [1.82, 2.24) is 4.90 Å². The molecule has 1 aromatic carbocycles. The normalized spacial score (nSPS) is 25.1. The summed E-state index contributed by atoms with van der Waals surface area (Å²) in [6.07, 6.45) is -0.0528. The van der Waals surface area contributed by atoms with Gasteiger partial charge in [0.25, 0.3) is 0 Å². The minimum Gasteiger partial charge on any atom is -0.392 e. The maximum absolute atomic E-state index is 11.3. The lowest BCUT2D eigenvalue weighted by molar-refractivity contribution is -0.122. The maximum atomic E-state index is 11.3. The van der Waals surface area contributed by atoms with Crippen molar-refractivity contribution in [2.24, 2.45) is 5.73 Å². The van der Waals surface area contributed by atoms with E-state index in [1.165, 1.54) is 0 Å². The van der Waals surface area contributed by atoms with Crippen molar-refractivity contribution in [3.8, 4) is 0 Å². The van der Waals surface area contributed by atoms with Crippen molar-refractivity contribution >= 4 is 17.5 Å². The Morgan fingerprint density at radius 3 is 2.71 bits per heavy atom. The zero-order valence-corrected chi connectivity index (χ0v) is 10.1. The number of likely N-dealkylation sites (tertiary alicyclic amines) is 1. The highest BCUT2D eigenvalue weighted by molar-refractivity contribution is 6.30. The first-order valence-electron chi connectivity index (χ1n) is 5.52. The molecule has 17 heavy (non-hydrogen) atoms. The monoisotopic (exact) mass is 254 g/mol. The van der Waals surface area contributed by atoms with Gasteiger partial charge in [0.05, 0.1) is 12.1 Å². The van der Waals surface area contributed by atoms with E-state index >= 15 is 0 Å². The third kappa shape index (κ3) is 2.97. The Kier molecular flexibility index (Phi) is 3.66. The molecule has 0 spiro atoms. The molecule has 0 saturated carbocycles. The SMILES string of the molecule is NC(=O)[C@H]1C[C@H](O)CN1Cc1ccc(Cl)cc1. The number of hydrogen-bond donors (Lipinski definition) is 2. The lowest BCUT2D eigenvalue weighted by Crippen LogP contribution is -2.39. The number of nitrogens with two attached hydrogens (primary N) is 1. The Morgan fingerprint density at radius 2 is 2.12 bits per heavy atom. The fourth-order valence-electron chi connectivity index (χ4n) is 2.17. The average molecular weight is 255 g/mol. The molecular weight excluding hydrogens is 240 g/mol. The molecule has 1 saturated heterocycles. The molecular formula is C12H15ClN2O2. The van der Waals surface area contributed by atoms with Gasteiger partial charge in [-0.15, -0.1) is 0 Å². The second kappa shape index (κ2) is 5.04. The molecule has 1 aromatic rings. The number of aliphatic hydroxyl groups is 1. The van der Waals surface area contributed by atoms with Gasteiger partial charge in [-0.05, 0) is 24.1 Å². The van der Waals surface area contributed by atoms with Gasteiger partial charge in [0, 0.05) is 18.1 Å². The number of rotatable bonds is 3. The van der Waals surface area contributed by atoms with E-state index in [0.717, 1.165) is 5.56 Å². The van der Waals surface area contributed by atoms with Crippen molar-refractivity contribution in [3.05, 3.63) is 34.9 Å². The first-order chi connectivity index (χ1) is 8.06. The Morgan fingerprint density at radius 1 is 1.47 bits per heavy atom. The van der Waals surface area contributed by atoms with E-state index in [-0.39, 0.29) is 11.9 Å². The topological polar surface area (TPSA) is 66.6 Å². The van der Waals surface area contributed by atoms with Crippen molar-refractivity contribution in [1.29, 1.82) is 0 Å². The molecule has 4 nitrogen and oxygen atoms in total. The summed E-state index contributed by atoms with van der Waals surface area (Å²) < 4.78 is 0. The number of nitrogens with zero attached hydrogens (tertiary/aromatic N) is 1. The Balaban J connectivity index is 2.07. The summed E-state index contributed by atoms with van der Waals surface area (Å²) in [6, 6.07) is 7.06. The summed E-state index contributed by atoms with van der Waals surface area (Å²) in [5.41, 5.74) is 6.37. The standard InChI is InChI=1S/C12H15ClN2O2/c13-9-3-1-8(2-4-9)6-15-7-10(16)5-11(15)12(14)17/h1-4,10-11,16H,5-7H2,(H2,14,17)/t10-,11+/m0/s1. The first kappa shape index (κ1) is 12.4. The van der Waals surface area contributed by atoms with E-state index < -0.39 is 6.10 Å². The molecule has 2 atom stereocenters. The van der Waals surface area contributed by atoms with Gasteiger partial charge in [0.15, 0.2) is 0 Å². The van der Waals surface area contributed by atoms with E-state index in [4.69, 9.17) is 17.3 Å². The number of carbonyl (C=O) groups is 1. The fourth-order valence-corrected chi connectivity index (χ4v) is 2.30. The predicted octanol–water partition coefficient (Wildman–Crippen LogP) is 0.761. The van der Waals surface area contributed by atoms with E-state index in [0.29, 0.717) is 24.5 Å². The van der Waals surface area contributed by atoms with Crippen LogP contribution in [0.25, 0.3) is 0 Å². The Labute approximate surface area is 105 Å². The first-order valence-corrected chi connectivity index (χ1v) is 5.90.